The highest BCUT2D eigenvalue weighted by Crippen LogP contribution is 2.29. The predicted molar refractivity (Wildman–Crippen MR) is 84.1 cm³/mol. The average Bonchev–Trinajstić information content (AvgIpc) is 2.92. The number of benzene rings is 1. The lowest BCUT2D eigenvalue weighted by atomic mass is 10.2. The molecule has 0 aliphatic carbocycles. The fourth-order valence-electron chi connectivity index (χ4n) is 1.79. The van der Waals surface area contributed by atoms with Crippen LogP contribution in [0, 0.1) is 0 Å². The lowest BCUT2D eigenvalue weighted by Crippen LogP contribution is -2.22. The van der Waals surface area contributed by atoms with E-state index in [9.17, 15) is 0 Å². The molecule has 1 aromatic carbocycles. The maximum Gasteiger partial charge on any atom is 0.253 e. The van der Waals surface area contributed by atoms with E-state index in [4.69, 9.17) is 9.15 Å². The van der Waals surface area contributed by atoms with Crippen LogP contribution in [0.25, 0.3) is 0 Å². The Morgan fingerprint density at radius 2 is 2.05 bits per heavy atom. The number of ether oxygens (including phenoxy) is 1. The summed E-state index contributed by atoms with van der Waals surface area (Å²) in [5.41, 5.74) is 1.09. The molecule has 0 saturated carbocycles. The molecular formula is C15H20BrN3O2. The molecule has 0 aliphatic heterocycles. The van der Waals surface area contributed by atoms with E-state index in [0.29, 0.717) is 17.8 Å². The van der Waals surface area contributed by atoms with Gasteiger partial charge in [-0.1, -0.05) is 32.9 Å². The average molecular weight is 354 g/mol. The minimum Gasteiger partial charge on any atom is -0.482 e. The Hall–Kier alpha value is -1.40. The number of halogens is 1. The second-order valence-electron chi connectivity index (χ2n) is 5.00. The molecule has 1 aromatic heterocycles. The molecule has 0 amide bonds. The van der Waals surface area contributed by atoms with Crippen LogP contribution in [0.4, 0.5) is 0 Å². The fourth-order valence-corrected chi connectivity index (χ4v) is 2.31. The van der Waals surface area contributed by atoms with Crippen molar-refractivity contribution in [3.63, 3.8) is 0 Å². The molecule has 0 saturated heterocycles. The van der Waals surface area contributed by atoms with Gasteiger partial charge in [0.2, 0.25) is 5.89 Å². The number of para-hydroxylation sites is 1. The number of nitrogens with one attached hydrogen (secondary N) is 1. The minimum atomic E-state index is 0.268. The highest BCUT2D eigenvalue weighted by molar-refractivity contribution is 9.10. The zero-order valence-electron chi connectivity index (χ0n) is 12.5. The standard InChI is InChI=1S/C15H20BrN3O2/c1-4-13-18-19-14(21-13)9-20-15-11(8-17-10(2)3)6-5-7-12(15)16/h5-7,10,17H,4,8-9H2,1-3H3. The maximum atomic E-state index is 5.86. The zero-order chi connectivity index (χ0) is 15.2. The molecule has 0 aliphatic rings. The molecule has 5 nitrogen and oxygen atoms in total. The SMILES string of the molecule is CCc1nnc(COc2c(Br)cccc2CNC(C)C)o1. The van der Waals surface area contributed by atoms with E-state index >= 15 is 0 Å². The van der Waals surface area contributed by atoms with E-state index < -0.39 is 0 Å². The third-order valence-corrected chi connectivity index (χ3v) is 3.52. The highest BCUT2D eigenvalue weighted by Gasteiger charge is 2.11. The predicted octanol–water partition coefficient (Wildman–Crippen LogP) is 3.47. The van der Waals surface area contributed by atoms with E-state index in [-0.39, 0.29) is 6.61 Å². The smallest absolute Gasteiger partial charge is 0.253 e. The number of aromatic nitrogens is 2. The quantitative estimate of drug-likeness (QED) is 0.825. The Morgan fingerprint density at radius 3 is 2.71 bits per heavy atom. The first kappa shape index (κ1) is 16.0. The molecule has 1 N–H and O–H groups in total. The number of rotatable bonds is 7. The van der Waals surface area contributed by atoms with Crippen LogP contribution in [0.15, 0.2) is 27.1 Å². The molecule has 0 bridgehead atoms. The summed E-state index contributed by atoms with van der Waals surface area (Å²) in [7, 11) is 0. The van der Waals surface area contributed by atoms with Crippen LogP contribution in [0.2, 0.25) is 0 Å². The normalized spacial score (nSPS) is 11.1. The van der Waals surface area contributed by atoms with Crippen molar-refractivity contribution < 1.29 is 9.15 Å². The van der Waals surface area contributed by atoms with Gasteiger partial charge in [-0.25, -0.2) is 0 Å². The van der Waals surface area contributed by atoms with Crippen LogP contribution in [0.5, 0.6) is 5.75 Å². The van der Waals surface area contributed by atoms with Gasteiger partial charge in [-0.15, -0.1) is 10.2 Å². The van der Waals surface area contributed by atoms with Gasteiger partial charge in [0.05, 0.1) is 4.47 Å². The third-order valence-electron chi connectivity index (χ3n) is 2.90. The van der Waals surface area contributed by atoms with Crippen LogP contribution >= 0.6 is 15.9 Å². The van der Waals surface area contributed by atoms with Crippen LogP contribution in [0.1, 0.15) is 38.1 Å². The van der Waals surface area contributed by atoms with Gasteiger partial charge in [0.15, 0.2) is 6.61 Å². The summed E-state index contributed by atoms with van der Waals surface area (Å²) in [4.78, 5) is 0. The maximum absolute atomic E-state index is 5.86. The van der Waals surface area contributed by atoms with Crippen LogP contribution < -0.4 is 10.1 Å². The van der Waals surface area contributed by atoms with E-state index in [1.165, 1.54) is 0 Å². The van der Waals surface area contributed by atoms with Gasteiger partial charge in [-0.2, -0.15) is 0 Å². The first-order valence-electron chi connectivity index (χ1n) is 7.05. The molecule has 0 fully saturated rings. The second kappa shape index (κ2) is 7.56. The van der Waals surface area contributed by atoms with Gasteiger partial charge >= 0.3 is 0 Å². The van der Waals surface area contributed by atoms with Crippen molar-refractivity contribution in [2.24, 2.45) is 0 Å². The van der Waals surface area contributed by atoms with Gasteiger partial charge in [-0.05, 0) is 22.0 Å². The molecule has 0 radical (unpaired) electrons. The van der Waals surface area contributed by atoms with Crippen molar-refractivity contribution in [3.05, 3.63) is 40.0 Å². The van der Waals surface area contributed by atoms with Gasteiger partial charge in [0.1, 0.15) is 5.75 Å². The van der Waals surface area contributed by atoms with Crippen molar-refractivity contribution in [1.82, 2.24) is 15.5 Å². The molecule has 0 spiro atoms. The molecule has 0 atom stereocenters. The highest BCUT2D eigenvalue weighted by atomic mass is 79.9. The summed E-state index contributed by atoms with van der Waals surface area (Å²) < 4.78 is 12.2. The summed E-state index contributed by atoms with van der Waals surface area (Å²) >= 11 is 3.53. The van der Waals surface area contributed by atoms with E-state index in [1.807, 2.05) is 25.1 Å². The topological polar surface area (TPSA) is 60.2 Å². The lowest BCUT2D eigenvalue weighted by molar-refractivity contribution is 0.255. The summed E-state index contributed by atoms with van der Waals surface area (Å²) in [5.74, 6) is 1.93. The van der Waals surface area contributed by atoms with Crippen molar-refractivity contribution in [3.8, 4) is 5.75 Å². The molecule has 1 heterocycles. The van der Waals surface area contributed by atoms with Gasteiger partial charge in [0.25, 0.3) is 5.89 Å². The zero-order valence-corrected chi connectivity index (χ0v) is 14.1. The van der Waals surface area contributed by atoms with Crippen LogP contribution in [-0.2, 0) is 19.6 Å². The van der Waals surface area contributed by atoms with Crippen molar-refractivity contribution in [1.29, 1.82) is 0 Å². The third kappa shape index (κ3) is 4.54. The number of hydrogen-bond acceptors (Lipinski definition) is 5. The lowest BCUT2D eigenvalue weighted by Gasteiger charge is -2.14. The number of nitrogens with zero attached hydrogens (tertiary/aromatic N) is 2. The first-order chi connectivity index (χ1) is 10.1. The van der Waals surface area contributed by atoms with Crippen LogP contribution in [0.3, 0.4) is 0 Å². The Labute approximate surface area is 133 Å². The molecule has 6 heteroatoms. The van der Waals surface area contributed by atoms with Crippen LogP contribution in [-0.4, -0.2) is 16.2 Å². The molecule has 2 rings (SSSR count). The molecular weight excluding hydrogens is 334 g/mol. The monoisotopic (exact) mass is 353 g/mol. The minimum absolute atomic E-state index is 0.268. The molecule has 2 aromatic rings. The molecule has 0 unspecified atom stereocenters. The molecule has 21 heavy (non-hydrogen) atoms. The second-order valence-corrected chi connectivity index (χ2v) is 5.85. The number of hydrogen-bond donors (Lipinski definition) is 1. The summed E-state index contributed by atoms with van der Waals surface area (Å²) in [6.45, 7) is 7.22. The Bertz CT molecular complexity index is 584. The van der Waals surface area contributed by atoms with Gasteiger partial charge in [0, 0.05) is 24.6 Å². The summed E-state index contributed by atoms with van der Waals surface area (Å²) in [6, 6.07) is 6.41. The van der Waals surface area contributed by atoms with E-state index in [2.05, 4.69) is 45.3 Å². The van der Waals surface area contributed by atoms with E-state index in [1.54, 1.807) is 0 Å². The van der Waals surface area contributed by atoms with Crippen molar-refractivity contribution in [2.75, 3.05) is 0 Å². The Balaban J connectivity index is 2.07. The largest absolute Gasteiger partial charge is 0.482 e. The van der Waals surface area contributed by atoms with Gasteiger partial charge < -0.3 is 14.5 Å². The fraction of sp³-hybridized carbons (Fsp3) is 0.467. The van der Waals surface area contributed by atoms with Gasteiger partial charge in [-0.3, -0.25) is 0 Å². The number of aryl methyl sites for hydroxylation is 1. The molecule has 114 valence electrons. The van der Waals surface area contributed by atoms with E-state index in [0.717, 1.165) is 28.8 Å². The summed E-state index contributed by atoms with van der Waals surface area (Å²) in [6.07, 6.45) is 0.728. The van der Waals surface area contributed by atoms with Crippen molar-refractivity contribution >= 4 is 15.9 Å². The Morgan fingerprint density at radius 1 is 1.29 bits per heavy atom. The Kier molecular flexibility index (Phi) is 5.76. The summed E-state index contributed by atoms with van der Waals surface area (Å²) in [5, 5.41) is 11.3. The van der Waals surface area contributed by atoms with Crippen molar-refractivity contribution in [2.45, 2.75) is 46.4 Å². The first-order valence-corrected chi connectivity index (χ1v) is 7.84.